The number of Topliss-reactive ketones (excluding diaryl/α,β-unsaturated/α-hetero) is 1. The molecule has 1 aliphatic heterocycles. The number of methoxy groups -OCH3 is 3. The summed E-state index contributed by atoms with van der Waals surface area (Å²) in [5.41, 5.74) is -2.56. The number of para-hydroxylation sites is 1. The second-order valence-corrected chi connectivity index (χ2v) is 9.15. The summed E-state index contributed by atoms with van der Waals surface area (Å²) in [5.74, 6) is -1.68. The molecule has 0 spiro atoms. The molecule has 3 rings (SSSR count). The van der Waals surface area contributed by atoms with E-state index in [1.807, 2.05) is 0 Å². The summed E-state index contributed by atoms with van der Waals surface area (Å²) in [6.07, 6.45) is -0.905. The molecule has 1 heterocycles. The van der Waals surface area contributed by atoms with E-state index in [9.17, 15) is 19.2 Å². The lowest BCUT2D eigenvalue weighted by Gasteiger charge is -2.40. The summed E-state index contributed by atoms with van der Waals surface area (Å²) in [6.45, 7) is 6.25. The van der Waals surface area contributed by atoms with Crippen LogP contribution in [0.1, 0.15) is 49.7 Å². The molecule has 2 amide bonds. The second-order valence-electron chi connectivity index (χ2n) is 9.15. The average Bonchev–Trinajstić information content (AvgIpc) is 3.10. The molecule has 0 radical (unpaired) electrons. The third kappa shape index (κ3) is 4.46. The molecule has 192 valence electrons. The minimum Gasteiger partial charge on any atom is -0.493 e. The lowest BCUT2D eigenvalue weighted by Crippen LogP contribution is -2.66. The van der Waals surface area contributed by atoms with Crippen LogP contribution in [0, 0.1) is 0 Å². The molecular weight excluding hydrogens is 468 g/mol. The molecular formula is C26H30N2O8. The number of carbonyl (C=O) groups excluding carboxylic acids is 4. The van der Waals surface area contributed by atoms with E-state index in [-0.39, 0.29) is 22.6 Å². The molecule has 10 heteroatoms. The number of esters is 1. The Bertz CT molecular complexity index is 1200. The standard InChI is InChI=1S/C26H30N2O8/c1-15(29)28-18-11-9-8-10-17(18)22(30)26(28,23(31)35-7)21(27-24(32)36-25(2,3)4)16-12-13-19(33-5)20(14-16)34-6/h8-14,21H,1-7H3,(H,27,32)/t21-,26+/m0/s1. The van der Waals surface area contributed by atoms with E-state index in [1.165, 1.54) is 33.3 Å². The van der Waals surface area contributed by atoms with Crippen molar-refractivity contribution in [1.82, 2.24) is 5.32 Å². The van der Waals surface area contributed by atoms with Crippen molar-refractivity contribution in [1.29, 1.82) is 0 Å². The second kappa shape index (κ2) is 9.88. The van der Waals surface area contributed by atoms with Crippen LogP contribution < -0.4 is 19.7 Å². The van der Waals surface area contributed by atoms with Gasteiger partial charge in [0.2, 0.25) is 17.2 Å². The van der Waals surface area contributed by atoms with E-state index in [0.29, 0.717) is 5.75 Å². The van der Waals surface area contributed by atoms with Crippen LogP contribution in [-0.2, 0) is 19.1 Å². The Morgan fingerprint density at radius 2 is 1.61 bits per heavy atom. The van der Waals surface area contributed by atoms with Crippen molar-refractivity contribution in [2.24, 2.45) is 0 Å². The molecule has 1 aliphatic rings. The van der Waals surface area contributed by atoms with Gasteiger partial charge in [-0.25, -0.2) is 9.59 Å². The fourth-order valence-corrected chi connectivity index (χ4v) is 4.38. The number of hydrogen-bond acceptors (Lipinski definition) is 8. The molecule has 0 bridgehead atoms. The van der Waals surface area contributed by atoms with E-state index in [1.54, 1.807) is 51.1 Å². The molecule has 0 unspecified atom stereocenters. The Kier molecular flexibility index (Phi) is 7.28. The van der Waals surface area contributed by atoms with Crippen LogP contribution in [0.4, 0.5) is 10.5 Å². The van der Waals surface area contributed by atoms with Gasteiger partial charge in [0.05, 0.1) is 33.1 Å². The van der Waals surface area contributed by atoms with Crippen LogP contribution in [0.2, 0.25) is 0 Å². The number of alkyl carbamates (subject to hydrolysis) is 1. The summed E-state index contributed by atoms with van der Waals surface area (Å²) in [4.78, 5) is 54.8. The third-order valence-corrected chi connectivity index (χ3v) is 5.72. The molecule has 2 aromatic carbocycles. The van der Waals surface area contributed by atoms with E-state index >= 15 is 0 Å². The van der Waals surface area contributed by atoms with Gasteiger partial charge in [0.1, 0.15) is 5.60 Å². The molecule has 1 N–H and O–H groups in total. The van der Waals surface area contributed by atoms with E-state index < -0.39 is 40.9 Å². The summed E-state index contributed by atoms with van der Waals surface area (Å²) in [5, 5.41) is 2.65. The maximum atomic E-state index is 14.1. The van der Waals surface area contributed by atoms with Gasteiger partial charge in [-0.15, -0.1) is 0 Å². The van der Waals surface area contributed by atoms with Crippen molar-refractivity contribution < 1.29 is 38.1 Å². The zero-order valence-corrected chi connectivity index (χ0v) is 21.3. The number of rotatable bonds is 6. The van der Waals surface area contributed by atoms with Gasteiger partial charge in [-0.2, -0.15) is 0 Å². The van der Waals surface area contributed by atoms with Crippen molar-refractivity contribution in [3.63, 3.8) is 0 Å². The Morgan fingerprint density at radius 1 is 0.972 bits per heavy atom. The number of fused-ring (bicyclic) bond motifs is 1. The normalized spacial score (nSPS) is 17.6. The Hall–Kier alpha value is -4.08. The highest BCUT2D eigenvalue weighted by Gasteiger charge is 2.65. The van der Waals surface area contributed by atoms with Gasteiger partial charge in [0.15, 0.2) is 11.5 Å². The number of amides is 2. The topological polar surface area (TPSA) is 120 Å². The van der Waals surface area contributed by atoms with Crippen molar-refractivity contribution in [2.75, 3.05) is 26.2 Å². The number of nitrogens with one attached hydrogen (secondary N) is 1. The number of benzene rings is 2. The summed E-state index contributed by atoms with van der Waals surface area (Å²) >= 11 is 0. The van der Waals surface area contributed by atoms with Crippen LogP contribution in [0.5, 0.6) is 11.5 Å². The smallest absolute Gasteiger partial charge is 0.408 e. The van der Waals surface area contributed by atoms with E-state index in [4.69, 9.17) is 18.9 Å². The van der Waals surface area contributed by atoms with Gasteiger partial charge in [-0.3, -0.25) is 14.5 Å². The quantitative estimate of drug-likeness (QED) is 0.475. The average molecular weight is 499 g/mol. The van der Waals surface area contributed by atoms with Crippen LogP contribution >= 0.6 is 0 Å². The van der Waals surface area contributed by atoms with Crippen molar-refractivity contribution in [3.8, 4) is 11.5 Å². The fourth-order valence-electron chi connectivity index (χ4n) is 4.38. The highest BCUT2D eigenvalue weighted by molar-refractivity contribution is 6.30. The summed E-state index contributed by atoms with van der Waals surface area (Å²) < 4.78 is 21.3. The number of carbonyl (C=O) groups is 4. The molecule has 0 aromatic heterocycles. The molecule has 2 atom stereocenters. The third-order valence-electron chi connectivity index (χ3n) is 5.72. The maximum Gasteiger partial charge on any atom is 0.408 e. The van der Waals surface area contributed by atoms with Crippen LogP contribution in [0.15, 0.2) is 42.5 Å². The van der Waals surface area contributed by atoms with E-state index in [0.717, 1.165) is 12.0 Å². The number of ketones is 1. The van der Waals surface area contributed by atoms with Crippen LogP contribution in [0.25, 0.3) is 0 Å². The zero-order chi connectivity index (χ0) is 26.8. The minimum atomic E-state index is -2.30. The van der Waals surface area contributed by atoms with Gasteiger partial charge in [-0.05, 0) is 50.6 Å². The maximum absolute atomic E-state index is 14.1. The van der Waals surface area contributed by atoms with Crippen LogP contribution in [0.3, 0.4) is 0 Å². The van der Waals surface area contributed by atoms with Gasteiger partial charge in [0.25, 0.3) is 0 Å². The zero-order valence-electron chi connectivity index (χ0n) is 21.3. The molecule has 2 aromatic rings. The van der Waals surface area contributed by atoms with Gasteiger partial charge < -0.3 is 24.3 Å². The van der Waals surface area contributed by atoms with Gasteiger partial charge in [0, 0.05) is 12.5 Å². The van der Waals surface area contributed by atoms with Gasteiger partial charge in [-0.1, -0.05) is 18.2 Å². The number of nitrogens with zero attached hydrogens (tertiary/aromatic N) is 1. The first-order chi connectivity index (χ1) is 16.9. The molecule has 0 fully saturated rings. The van der Waals surface area contributed by atoms with Crippen molar-refractivity contribution >= 4 is 29.4 Å². The number of ether oxygens (including phenoxy) is 4. The summed E-state index contributed by atoms with van der Waals surface area (Å²) in [6, 6.07) is 9.53. The first-order valence-electron chi connectivity index (χ1n) is 11.2. The molecule has 36 heavy (non-hydrogen) atoms. The predicted octanol–water partition coefficient (Wildman–Crippen LogP) is 3.43. The molecule has 10 nitrogen and oxygen atoms in total. The highest BCUT2D eigenvalue weighted by atomic mass is 16.6. The van der Waals surface area contributed by atoms with Crippen molar-refractivity contribution in [3.05, 3.63) is 53.6 Å². The Labute approximate surface area is 209 Å². The highest BCUT2D eigenvalue weighted by Crippen LogP contribution is 2.47. The fraction of sp³-hybridized carbons (Fsp3) is 0.385. The van der Waals surface area contributed by atoms with Crippen LogP contribution in [-0.4, -0.2) is 56.2 Å². The summed E-state index contributed by atoms with van der Waals surface area (Å²) in [7, 11) is 3.99. The first kappa shape index (κ1) is 26.5. The monoisotopic (exact) mass is 498 g/mol. The van der Waals surface area contributed by atoms with Gasteiger partial charge >= 0.3 is 12.1 Å². The lowest BCUT2D eigenvalue weighted by molar-refractivity contribution is -0.147. The number of hydrogen-bond donors (Lipinski definition) is 1. The first-order valence-corrected chi connectivity index (χ1v) is 11.2. The molecule has 0 aliphatic carbocycles. The molecule has 0 saturated carbocycles. The largest absolute Gasteiger partial charge is 0.493 e. The lowest BCUT2D eigenvalue weighted by atomic mass is 9.80. The molecule has 0 saturated heterocycles. The van der Waals surface area contributed by atoms with E-state index in [2.05, 4.69) is 5.32 Å². The number of anilines is 1. The van der Waals surface area contributed by atoms with Crippen molar-refractivity contribution in [2.45, 2.75) is 44.9 Å². The minimum absolute atomic E-state index is 0.134. The Morgan fingerprint density at radius 3 is 2.17 bits per heavy atom. The predicted molar refractivity (Wildman–Crippen MR) is 130 cm³/mol. The SMILES string of the molecule is COC(=O)[C@@]1([C@@H](NC(=O)OC(C)(C)C)c2ccc(OC)c(OC)c2)C(=O)c2ccccc2N1C(C)=O. The Balaban J connectivity index is 2.34.